The molecule has 1 fully saturated rings. The van der Waals surface area contributed by atoms with Crippen molar-refractivity contribution in [2.45, 2.75) is 20.3 Å². The molecule has 33 heavy (non-hydrogen) atoms. The normalized spacial score (nSPS) is 14.0. The SMILES string of the molecule is COc1ccc(C(=O)N2CCCN(c3nc4c(C)c(C)ccc4cc3C#N)CC2)cc1OC. The largest absolute Gasteiger partial charge is 0.493 e. The first kappa shape index (κ1) is 22.4. The number of benzene rings is 2. The van der Waals surface area contributed by atoms with Crippen LogP contribution in [0, 0.1) is 25.2 Å². The zero-order valence-electron chi connectivity index (χ0n) is 19.5. The van der Waals surface area contributed by atoms with Gasteiger partial charge in [-0.25, -0.2) is 4.98 Å². The number of nitriles is 1. The molecular weight excluding hydrogens is 416 g/mol. The minimum atomic E-state index is -0.0451. The van der Waals surface area contributed by atoms with E-state index in [1.807, 2.05) is 17.0 Å². The minimum absolute atomic E-state index is 0.0451. The number of hydrogen-bond donors (Lipinski definition) is 0. The van der Waals surface area contributed by atoms with Gasteiger partial charge in [-0.1, -0.05) is 12.1 Å². The van der Waals surface area contributed by atoms with Gasteiger partial charge in [0.1, 0.15) is 11.9 Å². The molecular formula is C26H28N4O3. The molecule has 2 heterocycles. The predicted octanol–water partition coefficient (Wildman–Crippen LogP) is 4.09. The molecule has 0 N–H and O–H groups in total. The Morgan fingerprint density at radius 1 is 1.00 bits per heavy atom. The van der Waals surface area contributed by atoms with Crippen LogP contribution in [0.1, 0.15) is 33.5 Å². The van der Waals surface area contributed by atoms with Gasteiger partial charge in [0.15, 0.2) is 11.5 Å². The molecule has 1 aromatic heterocycles. The third-order valence-electron chi connectivity index (χ3n) is 6.33. The van der Waals surface area contributed by atoms with Gasteiger partial charge in [-0.3, -0.25) is 4.79 Å². The Balaban J connectivity index is 1.58. The van der Waals surface area contributed by atoms with Crippen LogP contribution in [0.15, 0.2) is 36.4 Å². The molecule has 0 aliphatic carbocycles. The van der Waals surface area contributed by atoms with Crippen molar-refractivity contribution < 1.29 is 14.3 Å². The fourth-order valence-corrected chi connectivity index (χ4v) is 4.28. The quantitative estimate of drug-likeness (QED) is 0.603. The highest BCUT2D eigenvalue weighted by atomic mass is 16.5. The molecule has 1 amide bonds. The second-order valence-electron chi connectivity index (χ2n) is 8.25. The zero-order chi connectivity index (χ0) is 23.5. The molecule has 7 nitrogen and oxygen atoms in total. The first-order valence-electron chi connectivity index (χ1n) is 11.0. The Bertz CT molecular complexity index is 1250. The molecule has 0 unspecified atom stereocenters. The van der Waals surface area contributed by atoms with E-state index in [2.05, 4.69) is 30.9 Å². The van der Waals surface area contributed by atoms with Crippen molar-refractivity contribution in [1.82, 2.24) is 9.88 Å². The van der Waals surface area contributed by atoms with Crippen LogP contribution in [0.2, 0.25) is 0 Å². The van der Waals surface area contributed by atoms with Crippen LogP contribution < -0.4 is 14.4 Å². The van der Waals surface area contributed by atoms with Crippen molar-refractivity contribution >= 4 is 22.6 Å². The van der Waals surface area contributed by atoms with Gasteiger partial charge in [0.25, 0.3) is 5.91 Å². The number of methoxy groups -OCH3 is 2. The Morgan fingerprint density at radius 2 is 1.79 bits per heavy atom. The van der Waals surface area contributed by atoms with Gasteiger partial charge < -0.3 is 19.3 Å². The van der Waals surface area contributed by atoms with Crippen molar-refractivity contribution in [3.05, 3.63) is 58.7 Å². The van der Waals surface area contributed by atoms with Crippen LogP contribution in [0.25, 0.3) is 10.9 Å². The van der Waals surface area contributed by atoms with E-state index in [0.29, 0.717) is 48.1 Å². The van der Waals surface area contributed by atoms with E-state index in [4.69, 9.17) is 14.5 Å². The van der Waals surface area contributed by atoms with Gasteiger partial charge in [-0.15, -0.1) is 0 Å². The fraction of sp³-hybridized carbons (Fsp3) is 0.346. The number of fused-ring (bicyclic) bond motifs is 1. The van der Waals surface area contributed by atoms with Gasteiger partial charge in [-0.05, 0) is 55.7 Å². The maximum atomic E-state index is 13.2. The third-order valence-corrected chi connectivity index (χ3v) is 6.33. The van der Waals surface area contributed by atoms with Crippen LogP contribution in [0.5, 0.6) is 11.5 Å². The van der Waals surface area contributed by atoms with Crippen LogP contribution in [-0.2, 0) is 0 Å². The molecule has 7 heteroatoms. The smallest absolute Gasteiger partial charge is 0.254 e. The van der Waals surface area contributed by atoms with E-state index >= 15 is 0 Å². The first-order chi connectivity index (χ1) is 16.0. The lowest BCUT2D eigenvalue weighted by Crippen LogP contribution is -2.35. The van der Waals surface area contributed by atoms with E-state index < -0.39 is 0 Å². The number of ether oxygens (including phenoxy) is 2. The number of aromatic nitrogens is 1. The summed E-state index contributed by atoms with van der Waals surface area (Å²) in [5.74, 6) is 1.77. The predicted molar refractivity (Wildman–Crippen MR) is 128 cm³/mol. The van der Waals surface area contributed by atoms with Crippen molar-refractivity contribution in [3.63, 3.8) is 0 Å². The van der Waals surface area contributed by atoms with Crippen LogP contribution in [-0.4, -0.2) is 56.2 Å². The minimum Gasteiger partial charge on any atom is -0.493 e. The summed E-state index contributed by atoms with van der Waals surface area (Å²) >= 11 is 0. The van der Waals surface area contributed by atoms with Gasteiger partial charge in [0.2, 0.25) is 0 Å². The molecule has 1 saturated heterocycles. The van der Waals surface area contributed by atoms with E-state index in [-0.39, 0.29) is 5.91 Å². The topological polar surface area (TPSA) is 78.7 Å². The maximum absolute atomic E-state index is 13.2. The molecule has 0 radical (unpaired) electrons. The first-order valence-corrected chi connectivity index (χ1v) is 11.0. The average molecular weight is 445 g/mol. The monoisotopic (exact) mass is 444 g/mol. The molecule has 1 aliphatic rings. The van der Waals surface area contributed by atoms with Crippen molar-refractivity contribution in [1.29, 1.82) is 5.26 Å². The lowest BCUT2D eigenvalue weighted by atomic mass is 10.0. The molecule has 0 bridgehead atoms. The van der Waals surface area contributed by atoms with E-state index in [1.165, 1.54) is 5.56 Å². The van der Waals surface area contributed by atoms with Crippen molar-refractivity contribution in [3.8, 4) is 17.6 Å². The number of aryl methyl sites for hydroxylation is 2. The van der Waals surface area contributed by atoms with Crippen LogP contribution in [0.4, 0.5) is 5.82 Å². The summed E-state index contributed by atoms with van der Waals surface area (Å²) in [4.78, 5) is 22.1. The number of carbonyl (C=O) groups excluding carboxylic acids is 1. The molecule has 170 valence electrons. The third kappa shape index (κ3) is 4.29. The van der Waals surface area contributed by atoms with E-state index in [1.54, 1.807) is 32.4 Å². The summed E-state index contributed by atoms with van der Waals surface area (Å²) < 4.78 is 10.6. The number of carbonyl (C=O) groups is 1. The summed E-state index contributed by atoms with van der Waals surface area (Å²) in [5, 5.41) is 10.8. The van der Waals surface area contributed by atoms with E-state index in [9.17, 15) is 10.1 Å². The lowest BCUT2D eigenvalue weighted by molar-refractivity contribution is 0.0766. The van der Waals surface area contributed by atoms with Crippen LogP contribution in [0.3, 0.4) is 0 Å². The highest BCUT2D eigenvalue weighted by Gasteiger charge is 2.24. The molecule has 3 aromatic rings. The number of hydrogen-bond acceptors (Lipinski definition) is 6. The Hall–Kier alpha value is -3.79. The Morgan fingerprint density at radius 3 is 2.52 bits per heavy atom. The molecule has 0 spiro atoms. The van der Waals surface area contributed by atoms with Gasteiger partial charge in [0.05, 0.1) is 25.3 Å². The highest BCUT2D eigenvalue weighted by molar-refractivity contribution is 5.95. The Kier molecular flexibility index (Phi) is 6.36. The summed E-state index contributed by atoms with van der Waals surface area (Å²) in [6.45, 7) is 6.65. The number of nitrogens with zero attached hydrogens (tertiary/aromatic N) is 4. The molecule has 1 aliphatic heterocycles. The number of anilines is 1. The van der Waals surface area contributed by atoms with Crippen LogP contribution >= 0.6 is 0 Å². The number of rotatable bonds is 4. The van der Waals surface area contributed by atoms with Gasteiger partial charge >= 0.3 is 0 Å². The van der Waals surface area contributed by atoms with E-state index in [0.717, 1.165) is 29.4 Å². The average Bonchev–Trinajstić information content (AvgIpc) is 3.11. The highest BCUT2D eigenvalue weighted by Crippen LogP contribution is 2.29. The van der Waals surface area contributed by atoms with Gasteiger partial charge in [0, 0.05) is 37.1 Å². The maximum Gasteiger partial charge on any atom is 0.254 e. The Labute approximate surface area is 194 Å². The van der Waals surface area contributed by atoms with Gasteiger partial charge in [-0.2, -0.15) is 5.26 Å². The molecule has 0 atom stereocenters. The van der Waals surface area contributed by atoms with Crippen molar-refractivity contribution in [2.24, 2.45) is 0 Å². The summed E-state index contributed by atoms with van der Waals surface area (Å²) in [6, 6.07) is 13.5. The second-order valence-corrected chi connectivity index (χ2v) is 8.25. The summed E-state index contributed by atoms with van der Waals surface area (Å²) in [7, 11) is 3.13. The number of pyridine rings is 1. The number of amides is 1. The fourth-order valence-electron chi connectivity index (χ4n) is 4.28. The standard InChI is InChI=1S/C26H28N4O3/c1-17-6-7-19-14-21(16-27)25(28-24(19)18(17)2)29-10-5-11-30(13-12-29)26(31)20-8-9-22(32-3)23(15-20)33-4/h6-9,14-15H,5,10-13H2,1-4H3. The second kappa shape index (κ2) is 9.37. The lowest BCUT2D eigenvalue weighted by Gasteiger charge is -2.24. The molecule has 4 rings (SSSR count). The summed E-state index contributed by atoms with van der Waals surface area (Å²) in [5.41, 5.74) is 4.34. The van der Waals surface area contributed by atoms with Crippen molar-refractivity contribution in [2.75, 3.05) is 45.3 Å². The molecule has 2 aromatic carbocycles. The molecule has 0 saturated carbocycles. The summed E-state index contributed by atoms with van der Waals surface area (Å²) in [6.07, 6.45) is 0.788. The zero-order valence-corrected chi connectivity index (χ0v) is 19.5.